The molecule has 1 rings (SSSR count). The third-order valence-corrected chi connectivity index (χ3v) is 4.82. The molecule has 0 aliphatic heterocycles. The normalized spacial score (nSPS) is 16.3. The standard InChI is InChI=1S/C10H18N4O4S/c1-5-10(4,9(11)12-15)14-19(16,17)8-6(2)13-18-7(8)3/h14-15H,5H2,1-4H3,(H2,11,12). The molecule has 19 heavy (non-hydrogen) atoms. The Morgan fingerprint density at radius 2 is 2.16 bits per heavy atom. The highest BCUT2D eigenvalue weighted by atomic mass is 32.2. The maximum Gasteiger partial charge on any atom is 0.246 e. The van der Waals surface area contributed by atoms with Crippen molar-refractivity contribution < 1.29 is 18.1 Å². The van der Waals surface area contributed by atoms with E-state index in [2.05, 4.69) is 15.0 Å². The average molecular weight is 290 g/mol. The summed E-state index contributed by atoms with van der Waals surface area (Å²) >= 11 is 0. The van der Waals surface area contributed by atoms with Gasteiger partial charge in [0, 0.05) is 0 Å². The van der Waals surface area contributed by atoms with E-state index in [9.17, 15) is 8.42 Å². The van der Waals surface area contributed by atoms with Crippen molar-refractivity contribution in [3.05, 3.63) is 11.5 Å². The second-order valence-corrected chi connectivity index (χ2v) is 6.05. The van der Waals surface area contributed by atoms with Gasteiger partial charge in [0.2, 0.25) is 10.0 Å². The van der Waals surface area contributed by atoms with Gasteiger partial charge in [0.15, 0.2) is 11.6 Å². The van der Waals surface area contributed by atoms with Crippen LogP contribution >= 0.6 is 0 Å². The molecule has 0 saturated carbocycles. The van der Waals surface area contributed by atoms with E-state index in [-0.39, 0.29) is 22.2 Å². The van der Waals surface area contributed by atoms with Gasteiger partial charge in [0.1, 0.15) is 10.6 Å². The molecule has 1 atom stereocenters. The lowest BCUT2D eigenvalue weighted by atomic mass is 10.00. The largest absolute Gasteiger partial charge is 0.409 e. The van der Waals surface area contributed by atoms with Gasteiger partial charge in [-0.25, -0.2) is 8.42 Å². The van der Waals surface area contributed by atoms with Gasteiger partial charge in [-0.2, -0.15) is 4.72 Å². The first-order chi connectivity index (χ1) is 8.68. The molecule has 0 fully saturated rings. The molecule has 4 N–H and O–H groups in total. The summed E-state index contributed by atoms with van der Waals surface area (Å²) in [6.07, 6.45) is 0.311. The Kier molecular flexibility index (Phi) is 4.21. The Hall–Kier alpha value is -1.61. The highest BCUT2D eigenvalue weighted by Crippen LogP contribution is 2.22. The van der Waals surface area contributed by atoms with Crippen molar-refractivity contribution in [1.82, 2.24) is 9.88 Å². The van der Waals surface area contributed by atoms with E-state index in [1.54, 1.807) is 6.92 Å². The highest BCUT2D eigenvalue weighted by Gasteiger charge is 2.36. The number of nitrogens with one attached hydrogen (secondary N) is 1. The minimum Gasteiger partial charge on any atom is -0.409 e. The van der Waals surface area contributed by atoms with Gasteiger partial charge in [0.25, 0.3) is 0 Å². The lowest BCUT2D eigenvalue weighted by Gasteiger charge is -2.27. The zero-order valence-electron chi connectivity index (χ0n) is 11.3. The number of aryl methyl sites for hydroxylation is 2. The second kappa shape index (κ2) is 5.17. The highest BCUT2D eigenvalue weighted by molar-refractivity contribution is 7.89. The molecular formula is C10H18N4O4S. The summed E-state index contributed by atoms with van der Waals surface area (Å²) in [5, 5.41) is 15.2. The minimum absolute atomic E-state index is 0.0297. The summed E-state index contributed by atoms with van der Waals surface area (Å²) < 4.78 is 31.9. The number of aromatic nitrogens is 1. The van der Waals surface area contributed by atoms with E-state index in [1.165, 1.54) is 20.8 Å². The molecule has 108 valence electrons. The Balaban J connectivity index is 3.24. The first kappa shape index (κ1) is 15.4. The Bertz CT molecular complexity index is 573. The van der Waals surface area contributed by atoms with Crippen LogP contribution in [0.25, 0.3) is 0 Å². The van der Waals surface area contributed by atoms with Gasteiger partial charge >= 0.3 is 0 Å². The molecular weight excluding hydrogens is 272 g/mol. The van der Waals surface area contributed by atoms with Crippen LogP contribution in [0.2, 0.25) is 0 Å². The van der Waals surface area contributed by atoms with Gasteiger partial charge in [0.05, 0.1) is 5.54 Å². The van der Waals surface area contributed by atoms with Crippen LogP contribution in [0.15, 0.2) is 14.6 Å². The average Bonchev–Trinajstić information content (AvgIpc) is 2.67. The summed E-state index contributed by atoms with van der Waals surface area (Å²) in [6.45, 7) is 6.27. The Labute approximate surface area is 111 Å². The van der Waals surface area contributed by atoms with Gasteiger partial charge in [-0.1, -0.05) is 17.2 Å². The van der Waals surface area contributed by atoms with E-state index in [4.69, 9.17) is 15.5 Å². The number of hydrogen-bond acceptors (Lipinski definition) is 6. The molecule has 0 aliphatic rings. The van der Waals surface area contributed by atoms with Crippen LogP contribution in [-0.2, 0) is 10.0 Å². The maximum atomic E-state index is 12.3. The van der Waals surface area contributed by atoms with E-state index in [0.29, 0.717) is 6.42 Å². The van der Waals surface area contributed by atoms with Crippen molar-refractivity contribution in [2.24, 2.45) is 10.9 Å². The molecule has 0 spiro atoms. The fraction of sp³-hybridized carbons (Fsp3) is 0.600. The predicted octanol–water partition coefficient (Wildman–Crippen LogP) is 0.485. The van der Waals surface area contributed by atoms with Gasteiger partial charge in [-0.15, -0.1) is 0 Å². The lowest BCUT2D eigenvalue weighted by Crippen LogP contribution is -2.54. The lowest BCUT2D eigenvalue weighted by molar-refractivity contribution is 0.310. The number of nitrogens with zero attached hydrogens (tertiary/aromatic N) is 2. The SMILES string of the molecule is CCC(C)(NS(=O)(=O)c1c(C)noc1C)/C(N)=N/O. The summed E-state index contributed by atoms with van der Waals surface area (Å²) in [7, 11) is -3.88. The predicted molar refractivity (Wildman–Crippen MR) is 68.4 cm³/mol. The van der Waals surface area contributed by atoms with Crippen LogP contribution in [0.4, 0.5) is 0 Å². The van der Waals surface area contributed by atoms with Crippen molar-refractivity contribution >= 4 is 15.9 Å². The smallest absolute Gasteiger partial charge is 0.246 e. The quantitative estimate of drug-likeness (QED) is 0.313. The Morgan fingerprint density at radius 3 is 2.53 bits per heavy atom. The van der Waals surface area contributed by atoms with Crippen LogP contribution in [0.5, 0.6) is 0 Å². The molecule has 0 bridgehead atoms. The van der Waals surface area contributed by atoms with Crippen molar-refractivity contribution in [3.8, 4) is 0 Å². The molecule has 1 heterocycles. The minimum atomic E-state index is -3.88. The Morgan fingerprint density at radius 1 is 1.58 bits per heavy atom. The first-order valence-electron chi connectivity index (χ1n) is 5.62. The molecule has 1 unspecified atom stereocenters. The molecule has 1 aromatic rings. The summed E-state index contributed by atoms with van der Waals surface area (Å²) in [5.41, 5.74) is 4.59. The summed E-state index contributed by atoms with van der Waals surface area (Å²) in [4.78, 5) is -0.0297. The summed E-state index contributed by atoms with van der Waals surface area (Å²) in [5.74, 6) is -0.0340. The van der Waals surface area contributed by atoms with Crippen molar-refractivity contribution in [2.75, 3.05) is 0 Å². The number of rotatable bonds is 5. The first-order valence-corrected chi connectivity index (χ1v) is 7.11. The second-order valence-electron chi connectivity index (χ2n) is 4.43. The van der Waals surface area contributed by atoms with Crippen molar-refractivity contribution in [3.63, 3.8) is 0 Å². The number of amidine groups is 1. The monoisotopic (exact) mass is 290 g/mol. The van der Waals surface area contributed by atoms with Gasteiger partial charge < -0.3 is 15.5 Å². The van der Waals surface area contributed by atoms with Crippen molar-refractivity contribution in [2.45, 2.75) is 44.6 Å². The molecule has 8 nitrogen and oxygen atoms in total. The van der Waals surface area contributed by atoms with Crippen LogP contribution in [0, 0.1) is 13.8 Å². The number of oxime groups is 1. The van der Waals surface area contributed by atoms with E-state index in [0.717, 1.165) is 0 Å². The topological polar surface area (TPSA) is 131 Å². The summed E-state index contributed by atoms with van der Waals surface area (Å²) in [6, 6.07) is 0. The molecule has 0 aliphatic carbocycles. The number of nitrogens with two attached hydrogens (primary N) is 1. The third-order valence-electron chi connectivity index (χ3n) is 2.98. The van der Waals surface area contributed by atoms with Crippen LogP contribution < -0.4 is 10.5 Å². The fourth-order valence-corrected chi connectivity index (χ4v) is 3.41. The number of sulfonamides is 1. The van der Waals surface area contributed by atoms with Crippen molar-refractivity contribution in [1.29, 1.82) is 0 Å². The van der Waals surface area contributed by atoms with Gasteiger partial charge in [-0.3, -0.25) is 0 Å². The third kappa shape index (κ3) is 2.87. The van der Waals surface area contributed by atoms with Crippen LogP contribution in [-0.4, -0.2) is 30.2 Å². The van der Waals surface area contributed by atoms with Crippen LogP contribution in [0.3, 0.4) is 0 Å². The van der Waals surface area contributed by atoms with E-state index in [1.807, 2.05) is 0 Å². The molecule has 0 saturated heterocycles. The van der Waals surface area contributed by atoms with E-state index < -0.39 is 15.6 Å². The number of hydrogen-bond donors (Lipinski definition) is 3. The fourth-order valence-electron chi connectivity index (χ4n) is 1.62. The van der Waals surface area contributed by atoms with Crippen LogP contribution in [0.1, 0.15) is 31.7 Å². The molecule has 0 amide bonds. The van der Waals surface area contributed by atoms with E-state index >= 15 is 0 Å². The zero-order chi connectivity index (χ0) is 14.8. The molecule has 0 aromatic carbocycles. The molecule has 9 heteroatoms. The zero-order valence-corrected chi connectivity index (χ0v) is 12.1. The maximum absolute atomic E-state index is 12.3. The van der Waals surface area contributed by atoms with Gasteiger partial charge in [-0.05, 0) is 27.2 Å². The molecule has 0 radical (unpaired) electrons. The molecule has 1 aromatic heterocycles.